The number of aromatic amines is 1. The van der Waals surface area contributed by atoms with Crippen LogP contribution in [0.3, 0.4) is 0 Å². The fourth-order valence-electron chi connectivity index (χ4n) is 4.75. The maximum atomic E-state index is 13.2. The van der Waals surface area contributed by atoms with E-state index in [1.165, 1.54) is 25.0 Å². The third-order valence-corrected chi connectivity index (χ3v) is 7.56. The van der Waals surface area contributed by atoms with Crippen molar-refractivity contribution in [2.24, 2.45) is 11.1 Å². The van der Waals surface area contributed by atoms with Crippen molar-refractivity contribution in [3.63, 3.8) is 0 Å². The van der Waals surface area contributed by atoms with Crippen molar-refractivity contribution in [3.8, 4) is 0 Å². The zero-order valence-corrected chi connectivity index (χ0v) is 17.5. The van der Waals surface area contributed by atoms with Crippen molar-refractivity contribution in [2.45, 2.75) is 54.2 Å². The summed E-state index contributed by atoms with van der Waals surface area (Å²) in [6, 6.07) is 3.12. The number of H-pyrrole nitrogens is 1. The van der Waals surface area contributed by atoms with Gasteiger partial charge in [-0.2, -0.15) is 18.3 Å². The Labute approximate surface area is 181 Å². The zero-order valence-electron chi connectivity index (χ0n) is 16.7. The molecule has 1 saturated heterocycles. The second kappa shape index (κ2) is 7.63. The van der Waals surface area contributed by atoms with E-state index in [0.717, 1.165) is 56.1 Å². The maximum Gasteiger partial charge on any atom is 0.434 e. The summed E-state index contributed by atoms with van der Waals surface area (Å²) in [7, 11) is 0. The Balaban J connectivity index is 1.36. The Morgan fingerprint density at radius 3 is 2.71 bits per heavy atom. The lowest BCUT2D eigenvalue weighted by Gasteiger charge is -2.42. The number of alkyl halides is 3. The fraction of sp³-hybridized carbons (Fsp3) is 0.500. The summed E-state index contributed by atoms with van der Waals surface area (Å²) in [5.74, 6) is 0.742. The molecule has 31 heavy (non-hydrogen) atoms. The van der Waals surface area contributed by atoms with Gasteiger partial charge in [0.05, 0.1) is 6.20 Å². The number of anilines is 1. The number of nitrogens with one attached hydrogen (secondary N) is 1. The Morgan fingerprint density at radius 2 is 2.00 bits per heavy atom. The van der Waals surface area contributed by atoms with Crippen LogP contribution in [-0.2, 0) is 6.18 Å². The minimum Gasteiger partial charge on any atom is -0.355 e. The van der Waals surface area contributed by atoms with Gasteiger partial charge in [-0.25, -0.2) is 9.97 Å². The molecule has 0 aromatic carbocycles. The normalized spacial score (nSPS) is 21.3. The maximum absolute atomic E-state index is 13.2. The largest absolute Gasteiger partial charge is 0.434 e. The SMILES string of the molecule is N[C@H]1CCCC12CCN(c1cnc3c(Sc4cccnc4C(F)(F)F)n[nH]c3n1)CC2. The summed E-state index contributed by atoms with van der Waals surface area (Å²) in [5, 5.41) is 7.29. The molecule has 1 saturated carbocycles. The first kappa shape index (κ1) is 20.5. The lowest BCUT2D eigenvalue weighted by molar-refractivity contribution is -0.143. The Kier molecular flexibility index (Phi) is 5.04. The van der Waals surface area contributed by atoms with Gasteiger partial charge in [0, 0.05) is 30.2 Å². The molecule has 4 heterocycles. The number of aromatic nitrogens is 5. The molecule has 2 fully saturated rings. The predicted octanol–water partition coefficient (Wildman–Crippen LogP) is 4.02. The number of hydrogen-bond acceptors (Lipinski definition) is 7. The van der Waals surface area contributed by atoms with Gasteiger partial charge < -0.3 is 10.6 Å². The molecule has 1 aliphatic heterocycles. The summed E-state index contributed by atoms with van der Waals surface area (Å²) < 4.78 is 39.7. The summed E-state index contributed by atoms with van der Waals surface area (Å²) >= 11 is 0.877. The molecule has 0 bridgehead atoms. The van der Waals surface area contributed by atoms with Crippen molar-refractivity contribution in [1.82, 2.24) is 25.1 Å². The van der Waals surface area contributed by atoms with Crippen LogP contribution < -0.4 is 10.6 Å². The quantitative estimate of drug-likeness (QED) is 0.623. The van der Waals surface area contributed by atoms with E-state index in [2.05, 4.69) is 30.0 Å². The van der Waals surface area contributed by atoms with Crippen LogP contribution in [0, 0.1) is 5.41 Å². The van der Waals surface area contributed by atoms with Crippen LogP contribution in [0.25, 0.3) is 11.2 Å². The van der Waals surface area contributed by atoms with Crippen LogP contribution in [0.5, 0.6) is 0 Å². The molecule has 0 amide bonds. The van der Waals surface area contributed by atoms with Crippen LogP contribution >= 0.6 is 11.8 Å². The fourth-order valence-corrected chi connectivity index (χ4v) is 5.71. The number of nitrogens with zero attached hydrogens (tertiary/aromatic N) is 5. The number of pyridine rings is 1. The van der Waals surface area contributed by atoms with Crippen LogP contribution in [-0.4, -0.2) is 44.3 Å². The van der Waals surface area contributed by atoms with E-state index in [9.17, 15) is 13.2 Å². The Bertz CT molecular complexity index is 1090. The summed E-state index contributed by atoms with van der Waals surface area (Å²) in [5.41, 5.74) is 6.58. The molecule has 3 aromatic rings. The van der Waals surface area contributed by atoms with Gasteiger partial charge in [-0.3, -0.25) is 10.1 Å². The van der Waals surface area contributed by atoms with Gasteiger partial charge in [0.15, 0.2) is 16.4 Å². The first-order chi connectivity index (χ1) is 14.9. The van der Waals surface area contributed by atoms with Gasteiger partial charge >= 0.3 is 6.18 Å². The summed E-state index contributed by atoms with van der Waals surface area (Å²) in [6.45, 7) is 1.74. The van der Waals surface area contributed by atoms with Crippen molar-refractivity contribution in [2.75, 3.05) is 18.0 Å². The monoisotopic (exact) mass is 449 g/mol. The van der Waals surface area contributed by atoms with Gasteiger partial charge in [0.1, 0.15) is 11.3 Å². The molecule has 11 heteroatoms. The molecule has 1 atom stereocenters. The number of rotatable bonds is 3. The molecule has 1 aliphatic carbocycles. The molecule has 3 aromatic heterocycles. The van der Waals surface area contributed by atoms with Crippen molar-refractivity contribution < 1.29 is 13.2 Å². The van der Waals surface area contributed by atoms with Crippen LogP contribution in [0.15, 0.2) is 34.4 Å². The lowest BCUT2D eigenvalue weighted by atomic mass is 9.74. The molecule has 164 valence electrons. The average Bonchev–Trinajstić information content (AvgIpc) is 3.31. The molecule has 5 rings (SSSR count). The van der Waals surface area contributed by atoms with E-state index in [0.29, 0.717) is 16.2 Å². The third-order valence-electron chi connectivity index (χ3n) is 6.53. The highest BCUT2D eigenvalue weighted by Gasteiger charge is 2.43. The second-order valence-corrected chi connectivity index (χ2v) is 9.28. The van der Waals surface area contributed by atoms with Gasteiger partial charge in [-0.15, -0.1) is 0 Å². The first-order valence-corrected chi connectivity index (χ1v) is 11.1. The van der Waals surface area contributed by atoms with E-state index in [1.807, 2.05) is 0 Å². The highest BCUT2D eigenvalue weighted by molar-refractivity contribution is 7.99. The van der Waals surface area contributed by atoms with Crippen molar-refractivity contribution >= 4 is 28.7 Å². The minimum atomic E-state index is -4.54. The van der Waals surface area contributed by atoms with E-state index in [4.69, 9.17) is 5.73 Å². The van der Waals surface area contributed by atoms with Gasteiger partial charge in [0.25, 0.3) is 0 Å². The van der Waals surface area contributed by atoms with E-state index >= 15 is 0 Å². The Morgan fingerprint density at radius 1 is 1.19 bits per heavy atom. The highest BCUT2D eigenvalue weighted by Crippen LogP contribution is 2.46. The van der Waals surface area contributed by atoms with Crippen LogP contribution in [0.2, 0.25) is 0 Å². The molecule has 3 N–H and O–H groups in total. The number of fused-ring (bicyclic) bond motifs is 1. The van der Waals surface area contributed by atoms with E-state index < -0.39 is 11.9 Å². The summed E-state index contributed by atoms with van der Waals surface area (Å²) in [4.78, 5) is 14.7. The molecule has 7 nitrogen and oxygen atoms in total. The second-order valence-electron chi connectivity index (χ2n) is 8.25. The number of nitrogens with two attached hydrogens (primary N) is 1. The topological polar surface area (TPSA) is 96.6 Å². The molecule has 0 unspecified atom stereocenters. The first-order valence-electron chi connectivity index (χ1n) is 10.3. The lowest BCUT2D eigenvalue weighted by Crippen LogP contribution is -2.47. The average molecular weight is 450 g/mol. The predicted molar refractivity (Wildman–Crippen MR) is 111 cm³/mol. The molecular weight excluding hydrogens is 427 g/mol. The van der Waals surface area contributed by atoms with Gasteiger partial charge in [-0.1, -0.05) is 18.2 Å². The van der Waals surface area contributed by atoms with Crippen LogP contribution in [0.1, 0.15) is 37.8 Å². The number of hydrogen-bond donors (Lipinski definition) is 2. The minimum absolute atomic E-state index is 0.0245. The zero-order chi connectivity index (χ0) is 21.6. The van der Waals surface area contributed by atoms with E-state index in [1.54, 1.807) is 6.20 Å². The molecular formula is C20H22F3N7S. The molecule has 1 spiro atoms. The third kappa shape index (κ3) is 3.73. The smallest absolute Gasteiger partial charge is 0.355 e. The van der Waals surface area contributed by atoms with E-state index in [-0.39, 0.29) is 16.4 Å². The Hall–Kier alpha value is -2.40. The van der Waals surface area contributed by atoms with Crippen LogP contribution in [0.4, 0.5) is 19.0 Å². The number of halogens is 3. The van der Waals surface area contributed by atoms with Gasteiger partial charge in [0.2, 0.25) is 0 Å². The van der Waals surface area contributed by atoms with Crippen molar-refractivity contribution in [3.05, 3.63) is 30.2 Å². The number of piperidine rings is 1. The van der Waals surface area contributed by atoms with Crippen molar-refractivity contribution in [1.29, 1.82) is 0 Å². The standard InChI is InChI=1S/C20H22F3N7S/c21-20(22,23)16-12(3-2-8-25-16)31-18-15-17(28-29-18)27-14(11-26-15)30-9-6-19(7-10-30)5-1-4-13(19)24/h2-3,8,11,13H,1,4-7,9-10,24H2,(H,27,28,29)/t13-/m0/s1. The molecule has 2 aliphatic rings. The summed E-state index contributed by atoms with van der Waals surface area (Å²) in [6.07, 6.45) is 3.84. The van der Waals surface area contributed by atoms with Gasteiger partial charge in [-0.05, 0) is 43.2 Å². The highest BCUT2D eigenvalue weighted by atomic mass is 32.2. The molecule has 0 radical (unpaired) electrons.